The molecule has 114 valence electrons. The molecule has 1 atom stereocenters. The molecule has 0 radical (unpaired) electrons. The lowest BCUT2D eigenvalue weighted by Gasteiger charge is -2.45. The third kappa shape index (κ3) is 2.55. The van der Waals surface area contributed by atoms with Gasteiger partial charge in [0.25, 0.3) is 0 Å². The van der Waals surface area contributed by atoms with Gasteiger partial charge < -0.3 is 5.73 Å². The van der Waals surface area contributed by atoms with Gasteiger partial charge in [-0.1, -0.05) is 26.7 Å². The highest BCUT2D eigenvalue weighted by atomic mass is 79.9. The van der Waals surface area contributed by atoms with Crippen molar-refractivity contribution >= 4 is 15.9 Å². The molecule has 4 nitrogen and oxygen atoms in total. The molecule has 2 rings (SSSR count). The van der Waals surface area contributed by atoms with E-state index in [1.54, 1.807) is 0 Å². The number of hydrogen-bond acceptors (Lipinski definition) is 3. The van der Waals surface area contributed by atoms with Crippen molar-refractivity contribution in [2.45, 2.75) is 64.6 Å². The third-order valence-electron chi connectivity index (χ3n) is 4.87. The average Bonchev–Trinajstić information content (AvgIpc) is 3.07. The van der Waals surface area contributed by atoms with Crippen LogP contribution in [0.1, 0.15) is 58.2 Å². The molecule has 1 saturated carbocycles. The van der Waals surface area contributed by atoms with E-state index >= 15 is 0 Å². The Labute approximate surface area is 130 Å². The number of aromatic nitrogens is 2. The zero-order chi connectivity index (χ0) is 14.8. The molecule has 20 heavy (non-hydrogen) atoms. The Balaban J connectivity index is 2.41. The van der Waals surface area contributed by atoms with Crippen molar-refractivity contribution in [1.82, 2.24) is 14.7 Å². The highest BCUT2D eigenvalue weighted by Gasteiger charge is 2.45. The van der Waals surface area contributed by atoms with Crippen molar-refractivity contribution < 1.29 is 0 Å². The molecule has 1 aromatic heterocycles. The van der Waals surface area contributed by atoms with Crippen LogP contribution >= 0.6 is 15.9 Å². The normalized spacial score (nSPS) is 19.7. The van der Waals surface area contributed by atoms with E-state index in [2.05, 4.69) is 46.7 Å². The molecule has 0 saturated heterocycles. The van der Waals surface area contributed by atoms with Crippen LogP contribution in [0.3, 0.4) is 0 Å². The van der Waals surface area contributed by atoms with Gasteiger partial charge in [0.1, 0.15) is 0 Å². The summed E-state index contributed by atoms with van der Waals surface area (Å²) < 4.78 is 3.09. The number of nitrogens with zero attached hydrogens (tertiary/aromatic N) is 3. The Morgan fingerprint density at radius 2 is 1.95 bits per heavy atom. The van der Waals surface area contributed by atoms with E-state index in [0.29, 0.717) is 0 Å². The molecule has 1 unspecified atom stereocenters. The Morgan fingerprint density at radius 1 is 1.35 bits per heavy atom. The van der Waals surface area contributed by atoms with Gasteiger partial charge in [0.05, 0.1) is 22.4 Å². The Hall–Kier alpha value is -0.390. The molecule has 1 aliphatic rings. The van der Waals surface area contributed by atoms with Gasteiger partial charge in [0, 0.05) is 12.1 Å². The average molecular weight is 343 g/mol. The predicted octanol–water partition coefficient (Wildman–Crippen LogP) is 3.32. The van der Waals surface area contributed by atoms with E-state index in [1.165, 1.54) is 25.7 Å². The fourth-order valence-electron chi connectivity index (χ4n) is 3.85. The van der Waals surface area contributed by atoms with Gasteiger partial charge >= 0.3 is 0 Å². The molecule has 0 aromatic carbocycles. The van der Waals surface area contributed by atoms with Gasteiger partial charge in [-0.25, -0.2) is 0 Å². The van der Waals surface area contributed by atoms with E-state index < -0.39 is 0 Å². The van der Waals surface area contributed by atoms with Crippen LogP contribution in [-0.4, -0.2) is 33.3 Å². The summed E-state index contributed by atoms with van der Waals surface area (Å²) in [6.45, 7) is 9.58. The second-order valence-corrected chi connectivity index (χ2v) is 6.51. The van der Waals surface area contributed by atoms with Crippen molar-refractivity contribution in [2.75, 3.05) is 13.1 Å². The predicted molar refractivity (Wildman–Crippen MR) is 86.6 cm³/mol. The van der Waals surface area contributed by atoms with Crippen LogP contribution in [0.4, 0.5) is 0 Å². The molecule has 1 aromatic rings. The van der Waals surface area contributed by atoms with E-state index in [0.717, 1.165) is 29.8 Å². The zero-order valence-electron chi connectivity index (χ0n) is 12.9. The maximum absolute atomic E-state index is 6.78. The fraction of sp³-hybridized carbons (Fsp3) is 0.800. The van der Waals surface area contributed by atoms with Crippen molar-refractivity contribution in [1.29, 1.82) is 0 Å². The maximum atomic E-state index is 6.78. The summed E-state index contributed by atoms with van der Waals surface area (Å²) in [7, 11) is 0. The third-order valence-corrected chi connectivity index (χ3v) is 5.48. The summed E-state index contributed by atoms with van der Waals surface area (Å²) >= 11 is 3.64. The number of likely N-dealkylation sites (N-methyl/N-ethyl adjacent to an activating group) is 1. The van der Waals surface area contributed by atoms with Crippen molar-refractivity contribution in [2.24, 2.45) is 5.73 Å². The number of aryl methyl sites for hydroxylation is 1. The van der Waals surface area contributed by atoms with Crippen molar-refractivity contribution in [3.63, 3.8) is 0 Å². The van der Waals surface area contributed by atoms with Crippen molar-refractivity contribution in [3.05, 3.63) is 16.4 Å². The van der Waals surface area contributed by atoms with E-state index in [4.69, 9.17) is 5.73 Å². The van der Waals surface area contributed by atoms with E-state index in [1.807, 2.05) is 10.9 Å². The minimum atomic E-state index is 0.0155. The molecule has 1 aliphatic carbocycles. The molecule has 0 bridgehead atoms. The summed E-state index contributed by atoms with van der Waals surface area (Å²) in [5, 5.41) is 4.44. The maximum Gasteiger partial charge on any atom is 0.0712 e. The first kappa shape index (κ1) is 16.0. The quantitative estimate of drug-likeness (QED) is 0.862. The van der Waals surface area contributed by atoms with Crippen LogP contribution in [0.5, 0.6) is 0 Å². The fourth-order valence-corrected chi connectivity index (χ4v) is 4.40. The number of nitrogens with two attached hydrogens (primary N) is 1. The summed E-state index contributed by atoms with van der Waals surface area (Å²) in [4.78, 5) is 2.56. The van der Waals surface area contributed by atoms with Gasteiger partial charge in [-0.3, -0.25) is 9.58 Å². The second-order valence-electron chi connectivity index (χ2n) is 5.65. The Morgan fingerprint density at radius 3 is 2.45 bits per heavy atom. The lowest BCUT2D eigenvalue weighted by atomic mass is 9.84. The van der Waals surface area contributed by atoms with Crippen LogP contribution < -0.4 is 5.73 Å². The van der Waals surface area contributed by atoms with Crippen LogP contribution in [0.25, 0.3) is 0 Å². The van der Waals surface area contributed by atoms with Gasteiger partial charge in [0.2, 0.25) is 0 Å². The first-order valence-electron chi connectivity index (χ1n) is 7.82. The number of halogens is 1. The van der Waals surface area contributed by atoms with E-state index in [9.17, 15) is 0 Å². The molecular formula is C15H27BrN4. The minimum Gasteiger partial charge on any atom is -0.321 e. The van der Waals surface area contributed by atoms with Gasteiger partial charge in [0.15, 0.2) is 0 Å². The van der Waals surface area contributed by atoms with Crippen LogP contribution in [0.2, 0.25) is 0 Å². The molecule has 0 spiro atoms. The molecule has 2 N–H and O–H groups in total. The van der Waals surface area contributed by atoms with E-state index in [-0.39, 0.29) is 11.6 Å². The molecule has 1 fully saturated rings. The molecule has 5 heteroatoms. The molecule has 0 aliphatic heterocycles. The first-order valence-corrected chi connectivity index (χ1v) is 8.61. The molecular weight excluding hydrogens is 316 g/mol. The molecule has 0 amide bonds. The highest BCUT2D eigenvalue weighted by molar-refractivity contribution is 9.10. The SMILES string of the molecule is CCN(CC)C1(C(N)c2c(Br)cnn2CC)CCCC1. The van der Waals surface area contributed by atoms with Gasteiger partial charge in [-0.15, -0.1) is 0 Å². The highest BCUT2D eigenvalue weighted by Crippen LogP contribution is 2.44. The summed E-state index contributed by atoms with van der Waals surface area (Å²) in [5.74, 6) is 0. The summed E-state index contributed by atoms with van der Waals surface area (Å²) in [5.41, 5.74) is 8.03. The van der Waals surface area contributed by atoms with Crippen LogP contribution in [-0.2, 0) is 6.54 Å². The Kier molecular flexibility index (Phi) is 5.26. The number of hydrogen-bond donors (Lipinski definition) is 1. The molecule has 1 heterocycles. The largest absolute Gasteiger partial charge is 0.321 e. The van der Waals surface area contributed by atoms with Crippen molar-refractivity contribution in [3.8, 4) is 0 Å². The summed E-state index contributed by atoms with van der Waals surface area (Å²) in [6.07, 6.45) is 6.82. The van der Waals surface area contributed by atoms with Crippen LogP contribution in [0.15, 0.2) is 10.7 Å². The Bertz CT molecular complexity index is 433. The number of rotatable bonds is 6. The standard InChI is InChI=1S/C15H27BrN4/c1-4-19(5-2)15(9-7-8-10-15)14(17)13-12(16)11-18-20(13)6-3/h11,14H,4-10,17H2,1-3H3. The topological polar surface area (TPSA) is 47.1 Å². The zero-order valence-corrected chi connectivity index (χ0v) is 14.5. The van der Waals surface area contributed by atoms with Gasteiger partial charge in [-0.05, 0) is 48.8 Å². The second kappa shape index (κ2) is 6.58. The minimum absolute atomic E-state index is 0.0155. The smallest absolute Gasteiger partial charge is 0.0712 e. The lowest BCUT2D eigenvalue weighted by molar-refractivity contribution is 0.0738. The lowest BCUT2D eigenvalue weighted by Crippen LogP contribution is -2.54. The summed E-state index contributed by atoms with van der Waals surface area (Å²) in [6, 6.07) is 0.0155. The van der Waals surface area contributed by atoms with Crippen LogP contribution in [0, 0.1) is 0 Å². The van der Waals surface area contributed by atoms with Gasteiger partial charge in [-0.2, -0.15) is 5.10 Å². The first-order chi connectivity index (χ1) is 9.60. The monoisotopic (exact) mass is 342 g/mol.